The van der Waals surface area contributed by atoms with Gasteiger partial charge in [-0.1, -0.05) is 23.1 Å². The Hall–Kier alpha value is -2.65. The first kappa shape index (κ1) is 13.8. The fraction of sp³-hybridized carbons (Fsp3) is 0.214. The van der Waals surface area contributed by atoms with Gasteiger partial charge in [0.05, 0.1) is 13.2 Å². The van der Waals surface area contributed by atoms with Gasteiger partial charge in [0.15, 0.2) is 5.82 Å². The number of aromatic nitrogens is 2. The summed E-state index contributed by atoms with van der Waals surface area (Å²) in [6, 6.07) is 6.95. The van der Waals surface area contributed by atoms with Gasteiger partial charge in [-0.05, 0) is 18.2 Å². The van der Waals surface area contributed by atoms with E-state index in [2.05, 4.69) is 31.8 Å². The van der Waals surface area contributed by atoms with E-state index in [9.17, 15) is 4.79 Å². The second-order valence-corrected chi connectivity index (χ2v) is 3.89. The van der Waals surface area contributed by atoms with Crippen LogP contribution in [0.3, 0.4) is 0 Å². The molecule has 2 rings (SSSR count). The van der Waals surface area contributed by atoms with E-state index in [1.54, 1.807) is 24.3 Å². The molecule has 0 atom stereocenters. The van der Waals surface area contributed by atoms with Crippen LogP contribution in [0.5, 0.6) is 0 Å². The average Bonchev–Trinajstić information content (AvgIpc) is 2.99. The van der Waals surface area contributed by atoms with Crippen molar-refractivity contribution in [1.29, 1.82) is 0 Å². The molecule has 0 bridgehead atoms. The van der Waals surface area contributed by atoms with E-state index in [1.807, 2.05) is 0 Å². The molecule has 0 saturated heterocycles. The first-order chi connectivity index (χ1) is 9.79. The van der Waals surface area contributed by atoms with Crippen molar-refractivity contribution in [1.82, 2.24) is 15.5 Å². The highest BCUT2D eigenvalue weighted by atomic mass is 16.5. The van der Waals surface area contributed by atoms with E-state index < -0.39 is 0 Å². The van der Waals surface area contributed by atoms with Crippen molar-refractivity contribution in [3.8, 4) is 11.8 Å². The molecule has 6 nitrogen and oxygen atoms in total. The summed E-state index contributed by atoms with van der Waals surface area (Å²) in [6.07, 6.45) is 1.62. The van der Waals surface area contributed by atoms with E-state index in [1.165, 1.54) is 6.39 Å². The van der Waals surface area contributed by atoms with Gasteiger partial charge in [-0.3, -0.25) is 4.79 Å². The lowest BCUT2D eigenvalue weighted by molar-refractivity contribution is 0.0949. The highest BCUT2D eigenvalue weighted by Crippen LogP contribution is 2.04. The van der Waals surface area contributed by atoms with Crippen molar-refractivity contribution in [2.24, 2.45) is 0 Å². The van der Waals surface area contributed by atoms with Crippen molar-refractivity contribution < 1.29 is 14.4 Å². The normalized spacial score (nSPS) is 9.65. The van der Waals surface area contributed by atoms with E-state index in [4.69, 9.17) is 5.11 Å². The number of nitrogens with zero attached hydrogens (tertiary/aromatic N) is 2. The summed E-state index contributed by atoms with van der Waals surface area (Å²) in [4.78, 5) is 15.7. The minimum atomic E-state index is -0.236. The number of carbonyl (C=O) groups excluding carboxylic acids is 1. The third kappa shape index (κ3) is 3.93. The summed E-state index contributed by atoms with van der Waals surface area (Å²) >= 11 is 0. The predicted octanol–water partition coefficient (Wildman–Crippen LogP) is 0.734. The van der Waals surface area contributed by atoms with Gasteiger partial charge >= 0.3 is 0 Å². The van der Waals surface area contributed by atoms with Gasteiger partial charge in [0.1, 0.15) is 0 Å². The number of rotatable bonds is 4. The maximum atomic E-state index is 11.9. The first-order valence-electron chi connectivity index (χ1n) is 6.03. The molecular formula is C14H13N3O3. The van der Waals surface area contributed by atoms with Crippen molar-refractivity contribution in [3.05, 3.63) is 47.6 Å². The van der Waals surface area contributed by atoms with Gasteiger partial charge in [-0.25, -0.2) is 0 Å². The zero-order valence-corrected chi connectivity index (χ0v) is 10.7. The van der Waals surface area contributed by atoms with Crippen LogP contribution in [0.25, 0.3) is 0 Å². The van der Waals surface area contributed by atoms with Crippen molar-refractivity contribution in [3.63, 3.8) is 0 Å². The van der Waals surface area contributed by atoms with Crippen LogP contribution in [0.2, 0.25) is 0 Å². The molecule has 1 amide bonds. The average molecular weight is 271 g/mol. The molecular weight excluding hydrogens is 258 g/mol. The topological polar surface area (TPSA) is 88.3 Å². The monoisotopic (exact) mass is 271 g/mol. The van der Waals surface area contributed by atoms with E-state index in [0.717, 1.165) is 5.56 Å². The van der Waals surface area contributed by atoms with Crippen LogP contribution in [-0.2, 0) is 6.54 Å². The summed E-state index contributed by atoms with van der Waals surface area (Å²) < 4.78 is 4.58. The van der Waals surface area contributed by atoms with Crippen LogP contribution in [0.15, 0.2) is 35.2 Å². The Kier molecular flexibility index (Phi) is 4.87. The molecule has 1 heterocycles. The maximum absolute atomic E-state index is 11.9. The standard InChI is InChI=1S/C14H13N3O3/c18-7-2-1-4-11-5-3-6-12(8-11)14(19)15-9-13-16-10-20-17-13/h3,5-6,8,10,18H,2,7,9H2,(H,15,19). The van der Waals surface area contributed by atoms with E-state index in [0.29, 0.717) is 17.8 Å². The van der Waals surface area contributed by atoms with Gasteiger partial charge in [-0.2, -0.15) is 4.98 Å². The Labute approximate surface area is 115 Å². The Morgan fingerprint density at radius 2 is 2.35 bits per heavy atom. The molecule has 0 aliphatic heterocycles. The summed E-state index contributed by atoms with van der Waals surface area (Å²) in [5.74, 6) is 5.87. The Balaban J connectivity index is 1.99. The van der Waals surface area contributed by atoms with Gasteiger partial charge in [0.25, 0.3) is 5.91 Å². The molecule has 6 heteroatoms. The van der Waals surface area contributed by atoms with E-state index >= 15 is 0 Å². The predicted molar refractivity (Wildman–Crippen MR) is 70.5 cm³/mol. The lowest BCUT2D eigenvalue weighted by Crippen LogP contribution is -2.23. The third-order valence-electron chi connectivity index (χ3n) is 2.41. The molecule has 1 aromatic heterocycles. The minimum Gasteiger partial charge on any atom is -0.395 e. The summed E-state index contributed by atoms with van der Waals surface area (Å²) in [7, 11) is 0. The van der Waals surface area contributed by atoms with Crippen molar-refractivity contribution in [2.75, 3.05) is 6.61 Å². The first-order valence-corrected chi connectivity index (χ1v) is 6.03. The minimum absolute atomic E-state index is 0.0257. The van der Waals surface area contributed by atoms with E-state index in [-0.39, 0.29) is 19.1 Å². The molecule has 20 heavy (non-hydrogen) atoms. The number of carbonyl (C=O) groups is 1. The summed E-state index contributed by atoms with van der Waals surface area (Å²) in [5.41, 5.74) is 1.23. The van der Waals surface area contributed by atoms with Crippen molar-refractivity contribution in [2.45, 2.75) is 13.0 Å². The van der Waals surface area contributed by atoms with Gasteiger partial charge in [0, 0.05) is 17.5 Å². The number of hydrogen-bond donors (Lipinski definition) is 2. The molecule has 0 radical (unpaired) electrons. The fourth-order valence-corrected chi connectivity index (χ4v) is 1.49. The van der Waals surface area contributed by atoms with Crippen LogP contribution >= 0.6 is 0 Å². The SMILES string of the molecule is O=C(NCc1ncon1)c1cccc(C#CCCO)c1. The highest BCUT2D eigenvalue weighted by molar-refractivity contribution is 5.94. The Bertz CT molecular complexity index is 627. The smallest absolute Gasteiger partial charge is 0.251 e. The van der Waals surface area contributed by atoms with Crippen molar-refractivity contribution >= 4 is 5.91 Å². The number of aliphatic hydroxyl groups is 1. The largest absolute Gasteiger partial charge is 0.395 e. The molecule has 102 valence electrons. The number of amides is 1. The molecule has 0 unspecified atom stereocenters. The Morgan fingerprint density at radius 3 is 3.10 bits per heavy atom. The molecule has 0 fully saturated rings. The van der Waals surface area contributed by atoms with Crippen LogP contribution in [0.4, 0.5) is 0 Å². The Morgan fingerprint density at radius 1 is 1.45 bits per heavy atom. The van der Waals surface area contributed by atoms with Crippen LogP contribution in [-0.4, -0.2) is 27.8 Å². The van der Waals surface area contributed by atoms with Crippen LogP contribution in [0, 0.1) is 11.8 Å². The third-order valence-corrected chi connectivity index (χ3v) is 2.41. The molecule has 1 aromatic carbocycles. The molecule has 2 N–H and O–H groups in total. The lowest BCUT2D eigenvalue weighted by atomic mass is 10.1. The van der Waals surface area contributed by atoms with Crippen LogP contribution < -0.4 is 5.32 Å². The fourth-order valence-electron chi connectivity index (χ4n) is 1.49. The zero-order valence-electron chi connectivity index (χ0n) is 10.7. The summed E-state index contributed by atoms with van der Waals surface area (Å²) in [6.45, 7) is 0.230. The van der Waals surface area contributed by atoms with Crippen LogP contribution in [0.1, 0.15) is 28.2 Å². The quantitative estimate of drug-likeness (QED) is 0.800. The molecule has 0 spiro atoms. The van der Waals surface area contributed by atoms with Gasteiger partial charge in [-0.15, -0.1) is 0 Å². The number of benzene rings is 1. The number of hydrogen-bond acceptors (Lipinski definition) is 5. The second-order valence-electron chi connectivity index (χ2n) is 3.89. The number of aliphatic hydroxyl groups excluding tert-OH is 1. The molecule has 0 saturated carbocycles. The molecule has 0 aliphatic carbocycles. The van der Waals surface area contributed by atoms with Gasteiger partial charge < -0.3 is 14.9 Å². The molecule has 0 aliphatic rings. The highest BCUT2D eigenvalue weighted by Gasteiger charge is 2.07. The number of nitrogens with one attached hydrogen (secondary N) is 1. The zero-order chi connectivity index (χ0) is 14.2. The summed E-state index contributed by atoms with van der Waals surface area (Å²) in [5, 5.41) is 14.9. The molecule has 2 aromatic rings. The lowest BCUT2D eigenvalue weighted by Gasteiger charge is -2.02. The maximum Gasteiger partial charge on any atom is 0.251 e. The van der Waals surface area contributed by atoms with Gasteiger partial charge in [0.2, 0.25) is 6.39 Å². The second kappa shape index (κ2) is 7.07.